The molecule has 0 aromatic heterocycles. The molecule has 24 heavy (non-hydrogen) atoms. The van der Waals surface area contributed by atoms with Gasteiger partial charge >= 0.3 is 0 Å². The van der Waals surface area contributed by atoms with Gasteiger partial charge in [0.05, 0.1) is 5.75 Å². The molecule has 5 heteroatoms. The summed E-state index contributed by atoms with van der Waals surface area (Å²) < 4.78 is 40.2. The molecular weight excluding hydrogens is 325 g/mol. The molecule has 3 nitrogen and oxygen atoms in total. The lowest BCUT2D eigenvalue weighted by Crippen LogP contribution is -2.28. The van der Waals surface area contributed by atoms with Crippen molar-refractivity contribution in [3.63, 3.8) is 0 Å². The van der Waals surface area contributed by atoms with Gasteiger partial charge in [0.15, 0.2) is 0 Å². The quantitative estimate of drug-likeness (QED) is 0.874. The van der Waals surface area contributed by atoms with E-state index in [1.807, 2.05) is 31.2 Å². The molecule has 2 aromatic rings. The lowest BCUT2D eigenvalue weighted by atomic mass is 9.86. The summed E-state index contributed by atoms with van der Waals surface area (Å²) in [5, 5.41) is 0. The predicted octanol–water partition coefficient (Wildman–Crippen LogP) is 4.30. The molecule has 0 unspecified atom stereocenters. The van der Waals surface area contributed by atoms with Gasteiger partial charge in [0.25, 0.3) is 0 Å². The van der Waals surface area contributed by atoms with Crippen molar-refractivity contribution >= 4 is 10.0 Å². The Hall–Kier alpha value is -1.72. The maximum atomic E-state index is 12.9. The molecule has 130 valence electrons. The minimum absolute atomic E-state index is 0.0594. The molecule has 0 saturated heterocycles. The number of benzene rings is 2. The van der Waals surface area contributed by atoms with Crippen molar-refractivity contribution in [3.8, 4) is 0 Å². The molecule has 0 saturated carbocycles. The van der Waals surface area contributed by atoms with Gasteiger partial charge in [-0.05, 0) is 41.2 Å². The fraction of sp³-hybridized carbons (Fsp3) is 0.368. The van der Waals surface area contributed by atoms with Crippen LogP contribution in [-0.4, -0.2) is 8.42 Å². The van der Waals surface area contributed by atoms with Gasteiger partial charge < -0.3 is 0 Å². The molecule has 0 spiro atoms. The molecule has 1 N–H and O–H groups in total. The van der Waals surface area contributed by atoms with Crippen LogP contribution >= 0.6 is 0 Å². The molecule has 0 fully saturated rings. The Morgan fingerprint density at radius 2 is 1.54 bits per heavy atom. The molecule has 2 rings (SSSR count). The van der Waals surface area contributed by atoms with Crippen molar-refractivity contribution in [3.05, 3.63) is 71.0 Å². The van der Waals surface area contributed by atoms with Gasteiger partial charge in [0.1, 0.15) is 5.82 Å². The fourth-order valence-electron chi connectivity index (χ4n) is 2.45. The molecule has 2 aromatic carbocycles. The van der Waals surface area contributed by atoms with E-state index in [4.69, 9.17) is 0 Å². The highest BCUT2D eigenvalue weighted by atomic mass is 32.2. The highest BCUT2D eigenvalue weighted by molar-refractivity contribution is 7.88. The van der Waals surface area contributed by atoms with E-state index in [1.54, 1.807) is 0 Å². The number of rotatable bonds is 5. The number of halogens is 1. The molecule has 0 aliphatic carbocycles. The third-order valence-electron chi connectivity index (χ3n) is 3.90. The number of nitrogens with one attached hydrogen (secondary N) is 1. The van der Waals surface area contributed by atoms with Gasteiger partial charge in [-0.2, -0.15) is 0 Å². The van der Waals surface area contributed by atoms with Gasteiger partial charge in [0, 0.05) is 6.04 Å². The average molecular weight is 349 g/mol. The summed E-state index contributed by atoms with van der Waals surface area (Å²) in [5.41, 5.74) is 2.72. The van der Waals surface area contributed by atoms with Crippen LogP contribution in [0.3, 0.4) is 0 Å². The van der Waals surface area contributed by atoms with Gasteiger partial charge in [-0.15, -0.1) is 0 Å². The normalized spacial score (nSPS) is 13.7. The minimum atomic E-state index is -3.51. The van der Waals surface area contributed by atoms with Crippen molar-refractivity contribution in [2.24, 2.45) is 0 Å². The Balaban J connectivity index is 2.07. The Morgan fingerprint density at radius 1 is 1.00 bits per heavy atom. The third kappa shape index (κ3) is 5.14. The number of hydrogen-bond acceptors (Lipinski definition) is 2. The number of hydrogen-bond donors (Lipinski definition) is 1. The van der Waals surface area contributed by atoms with E-state index in [2.05, 4.69) is 25.5 Å². The van der Waals surface area contributed by atoms with Crippen LogP contribution in [0.2, 0.25) is 0 Å². The summed E-state index contributed by atoms with van der Waals surface area (Å²) in [6.07, 6.45) is 0. The van der Waals surface area contributed by atoms with Crippen LogP contribution in [0.5, 0.6) is 0 Å². The molecule has 0 amide bonds. The van der Waals surface area contributed by atoms with Crippen molar-refractivity contribution in [2.45, 2.75) is 44.9 Å². The molecule has 0 aliphatic rings. The van der Waals surface area contributed by atoms with Gasteiger partial charge in [-0.3, -0.25) is 0 Å². The summed E-state index contributed by atoms with van der Waals surface area (Å²) in [4.78, 5) is 0. The Labute approximate surface area is 144 Å². The summed E-state index contributed by atoms with van der Waals surface area (Å²) in [5.74, 6) is -0.547. The zero-order valence-corrected chi connectivity index (χ0v) is 15.3. The van der Waals surface area contributed by atoms with Crippen molar-refractivity contribution in [2.75, 3.05) is 0 Å². The molecule has 0 heterocycles. The zero-order valence-electron chi connectivity index (χ0n) is 14.5. The van der Waals surface area contributed by atoms with E-state index < -0.39 is 10.0 Å². The lowest BCUT2D eigenvalue weighted by Gasteiger charge is -2.20. The second kappa shape index (κ2) is 7.03. The first-order valence-electron chi connectivity index (χ1n) is 7.92. The summed E-state index contributed by atoms with van der Waals surface area (Å²) in [7, 11) is -3.51. The van der Waals surface area contributed by atoms with Crippen LogP contribution < -0.4 is 4.72 Å². The summed E-state index contributed by atoms with van der Waals surface area (Å²) in [6, 6.07) is 13.1. The first-order chi connectivity index (χ1) is 11.1. The largest absolute Gasteiger partial charge is 0.216 e. The SMILES string of the molecule is C[C@@H](NS(=O)(=O)Cc1ccc(F)cc1)c1ccc(C(C)(C)C)cc1. The van der Waals surface area contributed by atoms with E-state index in [0.717, 1.165) is 5.56 Å². The topological polar surface area (TPSA) is 46.2 Å². The van der Waals surface area contributed by atoms with Crippen molar-refractivity contribution in [1.29, 1.82) is 0 Å². The zero-order chi connectivity index (χ0) is 18.0. The maximum absolute atomic E-state index is 12.9. The molecule has 0 radical (unpaired) electrons. The van der Waals surface area contributed by atoms with E-state index in [-0.39, 0.29) is 23.0 Å². The Morgan fingerprint density at radius 3 is 2.04 bits per heavy atom. The van der Waals surface area contributed by atoms with Crippen LogP contribution in [0.4, 0.5) is 4.39 Å². The highest BCUT2D eigenvalue weighted by Crippen LogP contribution is 2.24. The third-order valence-corrected chi connectivity index (χ3v) is 5.33. The Kier molecular flexibility index (Phi) is 5.45. The van der Waals surface area contributed by atoms with Crippen LogP contribution in [0.1, 0.15) is 50.4 Å². The molecule has 0 aliphatic heterocycles. The van der Waals surface area contributed by atoms with Gasteiger partial charge in [-0.1, -0.05) is 57.2 Å². The highest BCUT2D eigenvalue weighted by Gasteiger charge is 2.18. The van der Waals surface area contributed by atoms with Crippen LogP contribution in [0.25, 0.3) is 0 Å². The first kappa shape index (κ1) is 18.6. The lowest BCUT2D eigenvalue weighted by molar-refractivity contribution is 0.564. The maximum Gasteiger partial charge on any atom is 0.216 e. The fourth-order valence-corrected chi connectivity index (χ4v) is 3.84. The van der Waals surface area contributed by atoms with Gasteiger partial charge in [0.2, 0.25) is 10.0 Å². The molecule has 0 bridgehead atoms. The predicted molar refractivity (Wildman–Crippen MR) is 95.7 cm³/mol. The standard InChI is InChI=1S/C19H24FNO2S/c1-14(16-7-9-17(10-8-16)19(2,3)4)21-24(22,23)13-15-5-11-18(20)12-6-15/h5-12,14,21H,13H2,1-4H3/t14-/m1/s1. The Bertz CT molecular complexity index is 776. The molecule has 1 atom stereocenters. The monoisotopic (exact) mass is 349 g/mol. The van der Waals surface area contributed by atoms with Crippen LogP contribution in [-0.2, 0) is 21.2 Å². The van der Waals surface area contributed by atoms with Crippen LogP contribution in [0, 0.1) is 5.82 Å². The van der Waals surface area contributed by atoms with Crippen molar-refractivity contribution < 1.29 is 12.8 Å². The van der Waals surface area contributed by atoms with E-state index >= 15 is 0 Å². The summed E-state index contributed by atoms with van der Waals surface area (Å²) in [6.45, 7) is 8.22. The van der Waals surface area contributed by atoms with E-state index in [1.165, 1.54) is 29.8 Å². The van der Waals surface area contributed by atoms with Gasteiger partial charge in [-0.25, -0.2) is 17.5 Å². The smallest absolute Gasteiger partial charge is 0.212 e. The van der Waals surface area contributed by atoms with E-state index in [9.17, 15) is 12.8 Å². The molecular formula is C19H24FNO2S. The van der Waals surface area contributed by atoms with E-state index in [0.29, 0.717) is 5.56 Å². The second-order valence-corrected chi connectivity index (χ2v) is 8.85. The van der Waals surface area contributed by atoms with Crippen LogP contribution in [0.15, 0.2) is 48.5 Å². The minimum Gasteiger partial charge on any atom is -0.212 e. The summed E-state index contributed by atoms with van der Waals surface area (Å²) >= 11 is 0. The average Bonchev–Trinajstić information content (AvgIpc) is 2.48. The first-order valence-corrected chi connectivity index (χ1v) is 9.57. The number of sulfonamides is 1. The second-order valence-electron chi connectivity index (χ2n) is 7.10. The van der Waals surface area contributed by atoms with Crippen molar-refractivity contribution in [1.82, 2.24) is 4.72 Å².